The topological polar surface area (TPSA) is 64.3 Å². The summed E-state index contributed by atoms with van der Waals surface area (Å²) in [6.45, 7) is -2.95. The maximum Gasteiger partial charge on any atom is 0.387 e. The summed E-state index contributed by atoms with van der Waals surface area (Å²) in [5.74, 6) is 4.91. The second kappa shape index (κ2) is 4.52. The highest BCUT2D eigenvalue weighted by Crippen LogP contribution is 2.27. The van der Waals surface area contributed by atoms with E-state index in [9.17, 15) is 13.6 Å². The second-order valence-corrected chi connectivity index (χ2v) is 2.36. The molecule has 14 heavy (non-hydrogen) atoms. The number of halogens is 2. The zero-order valence-corrected chi connectivity index (χ0v) is 7.04. The molecule has 0 saturated heterocycles. The number of aldehydes is 1. The van der Waals surface area contributed by atoms with E-state index in [0.29, 0.717) is 6.29 Å². The van der Waals surface area contributed by atoms with Crippen LogP contribution in [-0.2, 0) is 0 Å². The van der Waals surface area contributed by atoms with Gasteiger partial charge in [-0.05, 0) is 12.1 Å². The number of carbonyl (C=O) groups is 1. The van der Waals surface area contributed by atoms with Crippen LogP contribution in [0.2, 0.25) is 0 Å². The fourth-order valence-electron chi connectivity index (χ4n) is 0.995. The number of rotatable bonds is 4. The zero-order valence-electron chi connectivity index (χ0n) is 7.04. The lowest BCUT2D eigenvalue weighted by Crippen LogP contribution is -2.12. The van der Waals surface area contributed by atoms with Crippen molar-refractivity contribution in [1.29, 1.82) is 0 Å². The van der Waals surface area contributed by atoms with Crippen LogP contribution in [0.15, 0.2) is 18.2 Å². The molecule has 0 aromatic heterocycles. The molecule has 0 amide bonds. The summed E-state index contributed by atoms with van der Waals surface area (Å²) in [7, 11) is 0. The first kappa shape index (κ1) is 10.4. The Morgan fingerprint density at radius 1 is 1.50 bits per heavy atom. The monoisotopic (exact) mass is 202 g/mol. The summed E-state index contributed by atoms with van der Waals surface area (Å²) < 4.78 is 27.9. The molecule has 0 radical (unpaired) electrons. The molecule has 0 unspecified atom stereocenters. The maximum atomic E-state index is 11.9. The maximum absolute atomic E-state index is 11.9. The van der Waals surface area contributed by atoms with E-state index in [1.54, 1.807) is 0 Å². The molecule has 1 aromatic rings. The largest absolute Gasteiger partial charge is 0.433 e. The highest BCUT2D eigenvalue weighted by Gasteiger charge is 2.11. The fraction of sp³-hybridized carbons (Fsp3) is 0.125. The van der Waals surface area contributed by atoms with Crippen molar-refractivity contribution in [1.82, 2.24) is 0 Å². The van der Waals surface area contributed by atoms with E-state index in [1.165, 1.54) is 18.2 Å². The smallest absolute Gasteiger partial charge is 0.387 e. The lowest BCUT2D eigenvalue weighted by molar-refractivity contribution is -0.0493. The molecule has 76 valence electrons. The number of hydrogen-bond donors (Lipinski definition) is 2. The predicted octanol–water partition coefficient (Wildman–Crippen LogP) is 1.39. The summed E-state index contributed by atoms with van der Waals surface area (Å²) in [5, 5.41) is 0. The van der Waals surface area contributed by atoms with Crippen LogP contribution < -0.4 is 16.0 Å². The van der Waals surface area contributed by atoms with E-state index < -0.39 is 6.61 Å². The average molecular weight is 202 g/mol. The number of hydrogen-bond acceptors (Lipinski definition) is 4. The number of anilines is 1. The van der Waals surface area contributed by atoms with Gasteiger partial charge in [0.25, 0.3) is 0 Å². The molecule has 0 atom stereocenters. The summed E-state index contributed by atoms with van der Waals surface area (Å²) in [5.41, 5.74) is 2.33. The number of benzene rings is 1. The molecule has 0 aliphatic rings. The van der Waals surface area contributed by atoms with E-state index in [0.717, 1.165) is 0 Å². The quantitative estimate of drug-likeness (QED) is 0.440. The van der Waals surface area contributed by atoms with Crippen LogP contribution in [0.4, 0.5) is 14.5 Å². The molecule has 0 bridgehead atoms. The Morgan fingerprint density at radius 2 is 2.21 bits per heavy atom. The van der Waals surface area contributed by atoms with Crippen molar-refractivity contribution in [3.8, 4) is 5.75 Å². The molecule has 3 N–H and O–H groups in total. The summed E-state index contributed by atoms with van der Waals surface area (Å²) >= 11 is 0. The van der Waals surface area contributed by atoms with Gasteiger partial charge in [0.1, 0.15) is 5.69 Å². The van der Waals surface area contributed by atoms with Gasteiger partial charge in [-0.25, -0.2) is 0 Å². The lowest BCUT2D eigenvalue weighted by atomic mass is 10.2. The van der Waals surface area contributed by atoms with Crippen LogP contribution in [0.3, 0.4) is 0 Å². The molecule has 0 saturated carbocycles. The number of ether oxygens (including phenoxy) is 1. The third-order valence-corrected chi connectivity index (χ3v) is 1.55. The first-order chi connectivity index (χ1) is 6.69. The van der Waals surface area contributed by atoms with E-state index in [-0.39, 0.29) is 17.0 Å². The van der Waals surface area contributed by atoms with Gasteiger partial charge in [-0.1, -0.05) is 6.07 Å². The fourth-order valence-corrected chi connectivity index (χ4v) is 0.995. The minimum Gasteiger partial charge on any atom is -0.433 e. The minimum atomic E-state index is -2.95. The Hall–Kier alpha value is -1.69. The van der Waals surface area contributed by atoms with Crippen LogP contribution in [0, 0.1) is 0 Å². The highest BCUT2D eigenvalue weighted by molar-refractivity contribution is 5.86. The number of nitrogen functional groups attached to an aromatic ring is 1. The third kappa shape index (κ3) is 2.17. The summed E-state index contributed by atoms with van der Waals surface area (Å²) in [6.07, 6.45) is 0.494. The van der Waals surface area contributed by atoms with Gasteiger partial charge in [-0.2, -0.15) is 8.78 Å². The van der Waals surface area contributed by atoms with Gasteiger partial charge >= 0.3 is 6.61 Å². The SMILES string of the molecule is NNc1c(C=O)cccc1OC(F)F. The van der Waals surface area contributed by atoms with E-state index >= 15 is 0 Å². The molecule has 0 spiro atoms. The standard InChI is InChI=1S/C8H8F2N2O2/c9-8(10)14-6-3-1-2-5(4-13)7(6)12-11/h1-4,8,12H,11H2. The normalized spacial score (nSPS) is 10.0. The number of alkyl halides is 2. The van der Waals surface area contributed by atoms with Gasteiger partial charge in [-0.3, -0.25) is 10.6 Å². The third-order valence-electron chi connectivity index (χ3n) is 1.55. The number of nitrogens with one attached hydrogen (secondary N) is 1. The number of hydrazine groups is 1. The molecular weight excluding hydrogens is 194 g/mol. The Kier molecular flexibility index (Phi) is 3.35. The van der Waals surface area contributed by atoms with Gasteiger partial charge in [0, 0.05) is 5.56 Å². The van der Waals surface area contributed by atoms with Crippen molar-refractivity contribution in [3.05, 3.63) is 23.8 Å². The minimum absolute atomic E-state index is 0.0443. The van der Waals surface area contributed by atoms with Gasteiger partial charge < -0.3 is 10.2 Å². The van der Waals surface area contributed by atoms with Gasteiger partial charge in [-0.15, -0.1) is 0 Å². The van der Waals surface area contributed by atoms with E-state index in [4.69, 9.17) is 5.84 Å². The Bertz CT molecular complexity index is 331. The van der Waals surface area contributed by atoms with Crippen LogP contribution in [-0.4, -0.2) is 12.9 Å². The second-order valence-electron chi connectivity index (χ2n) is 2.36. The van der Waals surface area contributed by atoms with Crippen LogP contribution in [0.1, 0.15) is 10.4 Å². The van der Waals surface area contributed by atoms with Crippen molar-refractivity contribution in [2.75, 3.05) is 5.43 Å². The van der Waals surface area contributed by atoms with Crippen molar-refractivity contribution in [2.24, 2.45) is 5.84 Å². The van der Waals surface area contributed by atoms with Crippen molar-refractivity contribution < 1.29 is 18.3 Å². The number of carbonyl (C=O) groups excluding carboxylic acids is 1. The van der Waals surface area contributed by atoms with Crippen molar-refractivity contribution in [3.63, 3.8) is 0 Å². The van der Waals surface area contributed by atoms with Crippen LogP contribution >= 0.6 is 0 Å². The summed E-state index contributed by atoms with van der Waals surface area (Å²) in [4.78, 5) is 10.5. The Morgan fingerprint density at radius 3 is 2.71 bits per heavy atom. The molecule has 0 heterocycles. The highest BCUT2D eigenvalue weighted by atomic mass is 19.3. The zero-order chi connectivity index (χ0) is 10.6. The first-order valence-electron chi connectivity index (χ1n) is 3.68. The van der Waals surface area contributed by atoms with E-state index in [2.05, 4.69) is 10.2 Å². The van der Waals surface area contributed by atoms with E-state index in [1.807, 2.05) is 0 Å². The Labute approximate surface area is 78.6 Å². The molecule has 1 rings (SSSR count). The molecule has 6 heteroatoms. The molecule has 0 aliphatic heterocycles. The molecular formula is C8H8F2N2O2. The van der Waals surface area contributed by atoms with Crippen molar-refractivity contribution >= 4 is 12.0 Å². The molecule has 0 aliphatic carbocycles. The van der Waals surface area contributed by atoms with Gasteiger partial charge in [0.05, 0.1) is 0 Å². The lowest BCUT2D eigenvalue weighted by Gasteiger charge is -2.11. The Balaban J connectivity index is 3.08. The molecule has 4 nitrogen and oxygen atoms in total. The van der Waals surface area contributed by atoms with Crippen molar-refractivity contribution in [2.45, 2.75) is 6.61 Å². The number of nitrogens with two attached hydrogens (primary N) is 1. The van der Waals surface area contributed by atoms with Crippen LogP contribution in [0.25, 0.3) is 0 Å². The average Bonchev–Trinajstić information content (AvgIpc) is 2.16. The van der Waals surface area contributed by atoms with Crippen LogP contribution in [0.5, 0.6) is 5.75 Å². The summed E-state index contributed by atoms with van der Waals surface area (Å²) in [6, 6.07) is 4.14. The predicted molar refractivity (Wildman–Crippen MR) is 46.3 cm³/mol. The molecule has 1 aromatic carbocycles. The molecule has 0 fully saturated rings. The number of para-hydroxylation sites is 1. The van der Waals surface area contributed by atoms with Gasteiger partial charge in [0.15, 0.2) is 12.0 Å². The van der Waals surface area contributed by atoms with Gasteiger partial charge in [0.2, 0.25) is 0 Å². The first-order valence-corrected chi connectivity index (χ1v) is 3.68.